The van der Waals surface area contributed by atoms with Crippen molar-refractivity contribution in [3.8, 4) is 28.7 Å². The van der Waals surface area contributed by atoms with Gasteiger partial charge in [-0.3, -0.25) is 4.99 Å². The zero-order valence-corrected chi connectivity index (χ0v) is 17.4. The van der Waals surface area contributed by atoms with Crippen LogP contribution in [0.15, 0.2) is 60.1 Å². The maximum atomic E-state index is 14.7. The number of H-pyrrole nitrogens is 2. The Morgan fingerprint density at radius 1 is 1.09 bits per heavy atom. The third kappa shape index (κ3) is 5.09. The van der Waals surface area contributed by atoms with Crippen LogP contribution in [0.4, 0.5) is 23.5 Å². The lowest BCUT2D eigenvalue weighted by molar-refractivity contribution is -0.137. The molecule has 3 N–H and O–H groups in total. The van der Waals surface area contributed by atoms with Crippen molar-refractivity contribution < 1.29 is 17.6 Å². The average molecular weight is 468 g/mol. The first-order chi connectivity index (χ1) is 16.3. The predicted molar refractivity (Wildman–Crippen MR) is 114 cm³/mol. The minimum absolute atomic E-state index is 0.0797. The lowest BCUT2D eigenvalue weighted by Crippen LogP contribution is -2.13. The molecule has 0 aliphatic rings. The molecule has 0 radical (unpaired) electrons. The molecule has 0 saturated heterocycles. The maximum Gasteiger partial charge on any atom is 0.416 e. The minimum atomic E-state index is -4.67. The van der Waals surface area contributed by atoms with Gasteiger partial charge in [-0.25, -0.2) is 19.3 Å². The summed E-state index contributed by atoms with van der Waals surface area (Å²) in [5.41, 5.74) is 0.235. The molecule has 3 aromatic heterocycles. The molecule has 8 nitrogen and oxygen atoms in total. The molecule has 4 aromatic rings. The van der Waals surface area contributed by atoms with Crippen molar-refractivity contribution in [2.45, 2.75) is 6.18 Å². The van der Waals surface area contributed by atoms with Gasteiger partial charge in [-0.2, -0.15) is 18.4 Å². The Morgan fingerprint density at radius 2 is 1.94 bits per heavy atom. The number of halogens is 4. The Bertz CT molecular complexity index is 1380. The molecule has 0 saturated carbocycles. The molecule has 0 amide bonds. The van der Waals surface area contributed by atoms with Gasteiger partial charge in [0.05, 0.1) is 28.9 Å². The Balaban J connectivity index is 1.60. The summed E-state index contributed by atoms with van der Waals surface area (Å²) in [5.74, 6) is -0.588. The first-order valence-electron chi connectivity index (χ1n) is 9.92. The average Bonchev–Trinajstić information content (AvgIpc) is 3.36. The Hall–Kier alpha value is -4.53. The van der Waals surface area contributed by atoms with Crippen molar-refractivity contribution >= 4 is 5.95 Å². The van der Waals surface area contributed by atoms with Crippen molar-refractivity contribution in [1.29, 1.82) is 5.26 Å². The number of aromatic nitrogens is 5. The Kier molecular flexibility index (Phi) is 6.35. The standard InChI is InChI=1S/C22H16F4N8/c23-17-9-14(22(24,25)26)2-3-15(17)19-16(20-29-6-7-30-20)12-33-21(34-19)31-8-5-28-18-4-1-13(10-27)11-32-18/h1-4,6-7,9,11-12H,5,8H2,(H,28,32)(H,29,30)(H,31,33,34). The summed E-state index contributed by atoms with van der Waals surface area (Å²) in [6, 6.07) is 7.56. The van der Waals surface area contributed by atoms with Gasteiger partial charge in [-0.1, -0.05) is 0 Å². The van der Waals surface area contributed by atoms with Crippen LogP contribution in [0.2, 0.25) is 0 Å². The topological polar surface area (TPSA) is 118 Å². The van der Waals surface area contributed by atoms with Crippen LogP contribution in [0.1, 0.15) is 11.1 Å². The lowest BCUT2D eigenvalue weighted by atomic mass is 10.0. The van der Waals surface area contributed by atoms with E-state index in [0.717, 1.165) is 12.1 Å². The molecule has 0 aliphatic heterocycles. The molecule has 1 aromatic carbocycles. The molecule has 4 rings (SSSR count). The zero-order chi connectivity index (χ0) is 24.1. The number of nitrogens with zero attached hydrogens (tertiary/aromatic N) is 5. The number of hydrogen-bond donors (Lipinski definition) is 3. The van der Waals surface area contributed by atoms with Crippen molar-refractivity contribution in [1.82, 2.24) is 24.9 Å². The second-order valence-electron chi connectivity index (χ2n) is 6.97. The molecule has 0 bridgehead atoms. The van der Waals surface area contributed by atoms with Crippen LogP contribution < -0.4 is 10.8 Å². The van der Waals surface area contributed by atoms with Gasteiger partial charge in [0.25, 0.3) is 0 Å². The van der Waals surface area contributed by atoms with Crippen LogP contribution in [0, 0.1) is 17.1 Å². The molecule has 3 heterocycles. The van der Waals surface area contributed by atoms with E-state index in [2.05, 4.69) is 35.2 Å². The molecule has 0 fully saturated rings. The summed E-state index contributed by atoms with van der Waals surface area (Å²) in [6.07, 6.45) is 1.31. The third-order valence-electron chi connectivity index (χ3n) is 4.70. The van der Waals surface area contributed by atoms with E-state index in [0.29, 0.717) is 41.6 Å². The van der Waals surface area contributed by atoms with Gasteiger partial charge in [0.1, 0.15) is 23.2 Å². The number of alkyl halides is 3. The van der Waals surface area contributed by atoms with E-state index in [9.17, 15) is 17.6 Å². The van der Waals surface area contributed by atoms with E-state index >= 15 is 0 Å². The van der Waals surface area contributed by atoms with Crippen LogP contribution in [0.5, 0.6) is 0 Å². The molecule has 0 spiro atoms. The predicted octanol–water partition coefficient (Wildman–Crippen LogP) is 3.90. The van der Waals surface area contributed by atoms with E-state index in [4.69, 9.17) is 5.26 Å². The second-order valence-corrected chi connectivity index (χ2v) is 6.97. The molecular weight excluding hydrogens is 452 g/mol. The second kappa shape index (κ2) is 9.53. The monoisotopic (exact) mass is 468 g/mol. The quantitative estimate of drug-likeness (QED) is 0.293. The summed E-state index contributed by atoms with van der Waals surface area (Å²) in [6.45, 7) is 0.651. The minimum Gasteiger partial charge on any atom is -0.352 e. The van der Waals surface area contributed by atoms with Gasteiger partial charge in [0.2, 0.25) is 5.95 Å². The van der Waals surface area contributed by atoms with E-state index in [1.807, 2.05) is 6.07 Å². The number of nitriles is 1. The van der Waals surface area contributed by atoms with Gasteiger partial charge >= 0.3 is 6.18 Å². The van der Waals surface area contributed by atoms with Crippen molar-refractivity contribution in [2.75, 3.05) is 18.4 Å². The van der Waals surface area contributed by atoms with Gasteiger partial charge in [0.15, 0.2) is 0 Å². The summed E-state index contributed by atoms with van der Waals surface area (Å²) in [4.78, 5) is 22.7. The van der Waals surface area contributed by atoms with Gasteiger partial charge in [0, 0.05) is 36.9 Å². The number of anilines is 1. The highest BCUT2D eigenvalue weighted by Crippen LogP contribution is 2.35. The maximum absolute atomic E-state index is 14.7. The van der Waals surface area contributed by atoms with Crippen LogP contribution in [-0.4, -0.2) is 38.0 Å². The fraction of sp³-hybridized carbons (Fsp3) is 0.136. The van der Waals surface area contributed by atoms with Crippen molar-refractivity contribution in [3.63, 3.8) is 0 Å². The van der Waals surface area contributed by atoms with Crippen LogP contribution in [-0.2, 0) is 6.18 Å². The molecular formula is C22H16F4N8. The lowest BCUT2D eigenvalue weighted by Gasteiger charge is -2.12. The SMILES string of the molecule is N#Cc1cc/c(=N/CCNc2ncc(-c3ncc[nH]3)c(-c3ccc(C(F)(F)F)cc3F)n2)[nH]c1. The van der Waals surface area contributed by atoms with Gasteiger partial charge in [-0.05, 0) is 30.3 Å². The summed E-state index contributed by atoms with van der Waals surface area (Å²) >= 11 is 0. The summed E-state index contributed by atoms with van der Waals surface area (Å²) in [5, 5.41) is 11.8. The number of imidazole rings is 1. The van der Waals surface area contributed by atoms with Crippen molar-refractivity contribution in [3.05, 3.63) is 77.6 Å². The Labute approximate surface area is 190 Å². The van der Waals surface area contributed by atoms with Crippen LogP contribution in [0.25, 0.3) is 22.6 Å². The van der Waals surface area contributed by atoms with Crippen LogP contribution >= 0.6 is 0 Å². The first kappa shape index (κ1) is 22.7. The van der Waals surface area contributed by atoms with E-state index < -0.39 is 17.6 Å². The first-order valence-corrected chi connectivity index (χ1v) is 9.92. The molecule has 12 heteroatoms. The van der Waals surface area contributed by atoms with Crippen LogP contribution in [0.3, 0.4) is 0 Å². The number of rotatable bonds is 6. The Morgan fingerprint density at radius 3 is 2.59 bits per heavy atom. The molecule has 34 heavy (non-hydrogen) atoms. The molecule has 172 valence electrons. The normalized spacial score (nSPS) is 11.9. The number of hydrogen-bond acceptors (Lipinski definition) is 6. The van der Waals surface area contributed by atoms with Gasteiger partial charge in [-0.15, -0.1) is 0 Å². The largest absolute Gasteiger partial charge is 0.416 e. The molecule has 0 unspecified atom stereocenters. The van der Waals surface area contributed by atoms with Gasteiger partial charge < -0.3 is 15.3 Å². The summed E-state index contributed by atoms with van der Waals surface area (Å²) < 4.78 is 53.6. The van der Waals surface area contributed by atoms with Crippen molar-refractivity contribution in [2.24, 2.45) is 4.99 Å². The molecule has 0 aliphatic carbocycles. The number of nitrogens with one attached hydrogen (secondary N) is 3. The summed E-state index contributed by atoms with van der Waals surface area (Å²) in [7, 11) is 0. The van der Waals surface area contributed by atoms with E-state index in [1.54, 1.807) is 18.3 Å². The highest BCUT2D eigenvalue weighted by atomic mass is 19.4. The van der Waals surface area contributed by atoms with E-state index in [1.165, 1.54) is 18.6 Å². The fourth-order valence-corrected chi connectivity index (χ4v) is 3.07. The fourth-order valence-electron chi connectivity index (χ4n) is 3.07. The number of aromatic amines is 2. The smallest absolute Gasteiger partial charge is 0.352 e. The molecule has 0 atom stereocenters. The number of benzene rings is 1. The zero-order valence-electron chi connectivity index (χ0n) is 17.4. The highest BCUT2D eigenvalue weighted by Gasteiger charge is 2.31. The third-order valence-corrected chi connectivity index (χ3v) is 4.70. The number of pyridine rings is 1. The highest BCUT2D eigenvalue weighted by molar-refractivity contribution is 5.78. The van der Waals surface area contributed by atoms with E-state index in [-0.39, 0.29) is 17.2 Å².